The number of rotatable bonds is 9. The molecule has 2 aromatic rings. The molecule has 0 bridgehead atoms. The van der Waals surface area contributed by atoms with Crippen LogP contribution in [0.2, 0.25) is 0 Å². The standard InChI is InChI=1S/C26H33N5O2/c1-20(32)31-16-12-24(17-25(31)26(33)29-14-13-27)30(15-11-21-5-3-2-4-6-21)19-23-9-7-22(18-28)8-10-23/h2-10,24-25H,11-17,19,27H2,1H3,(H,29,33)/t24?,25-/m1/s1. The monoisotopic (exact) mass is 447 g/mol. The molecule has 2 amide bonds. The van der Waals surface area contributed by atoms with E-state index in [2.05, 4.69) is 28.4 Å². The normalized spacial score (nSPS) is 18.1. The Morgan fingerprint density at radius 2 is 1.88 bits per heavy atom. The fourth-order valence-corrected chi connectivity index (χ4v) is 4.44. The van der Waals surface area contributed by atoms with Crippen LogP contribution in [0.1, 0.15) is 36.5 Å². The number of hydrogen-bond acceptors (Lipinski definition) is 5. The van der Waals surface area contributed by atoms with Gasteiger partial charge in [0.2, 0.25) is 11.8 Å². The summed E-state index contributed by atoms with van der Waals surface area (Å²) in [5.74, 6) is -0.217. The van der Waals surface area contributed by atoms with Crippen LogP contribution in [0.3, 0.4) is 0 Å². The number of nitriles is 1. The second kappa shape index (κ2) is 12.1. The number of carbonyl (C=O) groups excluding carboxylic acids is 2. The van der Waals surface area contributed by atoms with Gasteiger partial charge in [-0.1, -0.05) is 42.5 Å². The van der Waals surface area contributed by atoms with Crippen molar-refractivity contribution in [3.8, 4) is 6.07 Å². The third kappa shape index (κ3) is 6.88. The third-order valence-electron chi connectivity index (χ3n) is 6.24. The highest BCUT2D eigenvalue weighted by molar-refractivity contribution is 5.87. The van der Waals surface area contributed by atoms with E-state index >= 15 is 0 Å². The summed E-state index contributed by atoms with van der Waals surface area (Å²) in [5.41, 5.74) is 8.58. The van der Waals surface area contributed by atoms with Crippen LogP contribution in [-0.4, -0.2) is 59.9 Å². The van der Waals surface area contributed by atoms with Crippen LogP contribution in [0, 0.1) is 11.3 Å². The molecule has 7 nitrogen and oxygen atoms in total. The first-order valence-corrected chi connectivity index (χ1v) is 11.5. The molecule has 3 rings (SSSR count). The van der Waals surface area contributed by atoms with E-state index in [1.54, 1.807) is 4.90 Å². The summed E-state index contributed by atoms with van der Waals surface area (Å²) < 4.78 is 0. The number of likely N-dealkylation sites (tertiary alicyclic amines) is 1. The number of carbonyl (C=O) groups is 2. The molecule has 1 saturated heterocycles. The lowest BCUT2D eigenvalue weighted by Crippen LogP contribution is -2.57. The lowest BCUT2D eigenvalue weighted by atomic mass is 9.94. The van der Waals surface area contributed by atoms with Crippen LogP contribution < -0.4 is 11.1 Å². The fraction of sp³-hybridized carbons (Fsp3) is 0.423. The third-order valence-corrected chi connectivity index (χ3v) is 6.24. The predicted molar refractivity (Wildman–Crippen MR) is 128 cm³/mol. The van der Waals surface area contributed by atoms with Gasteiger partial charge in [0, 0.05) is 45.7 Å². The number of benzene rings is 2. The van der Waals surface area contributed by atoms with Gasteiger partial charge in [-0.3, -0.25) is 14.5 Å². The first kappa shape index (κ1) is 24.4. The molecule has 1 heterocycles. The van der Waals surface area contributed by atoms with E-state index in [1.165, 1.54) is 12.5 Å². The van der Waals surface area contributed by atoms with E-state index in [0.29, 0.717) is 31.6 Å². The number of nitrogens with two attached hydrogens (primary N) is 1. The lowest BCUT2D eigenvalue weighted by Gasteiger charge is -2.42. The van der Waals surface area contributed by atoms with Gasteiger partial charge < -0.3 is 16.0 Å². The summed E-state index contributed by atoms with van der Waals surface area (Å²) >= 11 is 0. The SMILES string of the molecule is CC(=O)N1CCC(N(CCc2ccccc2)Cc2ccc(C#N)cc2)C[C@@H]1C(=O)NCCN. The summed E-state index contributed by atoms with van der Waals surface area (Å²) in [4.78, 5) is 29.1. The Hall–Kier alpha value is -3.21. The molecule has 0 aromatic heterocycles. The average Bonchev–Trinajstić information content (AvgIpc) is 2.85. The quantitative estimate of drug-likeness (QED) is 0.613. The number of amides is 2. The maximum atomic E-state index is 12.8. The van der Waals surface area contributed by atoms with Gasteiger partial charge in [0.25, 0.3) is 0 Å². The van der Waals surface area contributed by atoms with E-state index in [9.17, 15) is 9.59 Å². The van der Waals surface area contributed by atoms with E-state index in [4.69, 9.17) is 11.0 Å². The second-order valence-corrected chi connectivity index (χ2v) is 8.50. The van der Waals surface area contributed by atoms with Crippen molar-refractivity contribution in [2.24, 2.45) is 5.73 Å². The van der Waals surface area contributed by atoms with Crippen LogP contribution in [-0.2, 0) is 22.6 Å². The maximum absolute atomic E-state index is 12.8. The molecule has 0 aliphatic carbocycles. The number of piperidine rings is 1. The number of nitrogens with zero attached hydrogens (tertiary/aromatic N) is 3. The molecule has 1 unspecified atom stereocenters. The summed E-state index contributed by atoms with van der Waals surface area (Å²) in [6.07, 6.45) is 2.29. The zero-order chi connectivity index (χ0) is 23.6. The van der Waals surface area contributed by atoms with Crippen molar-refractivity contribution < 1.29 is 9.59 Å². The van der Waals surface area contributed by atoms with Crippen LogP contribution >= 0.6 is 0 Å². The van der Waals surface area contributed by atoms with E-state index in [0.717, 1.165) is 31.5 Å². The summed E-state index contributed by atoms with van der Waals surface area (Å²) in [6, 6.07) is 19.8. The molecular formula is C26H33N5O2. The Bertz CT molecular complexity index is 955. The first-order chi connectivity index (χ1) is 16.0. The van der Waals surface area contributed by atoms with Gasteiger partial charge in [-0.15, -0.1) is 0 Å². The minimum Gasteiger partial charge on any atom is -0.353 e. The highest BCUT2D eigenvalue weighted by atomic mass is 16.2. The molecule has 2 aromatic carbocycles. The van der Waals surface area contributed by atoms with Crippen LogP contribution in [0.15, 0.2) is 54.6 Å². The summed E-state index contributed by atoms with van der Waals surface area (Å²) in [7, 11) is 0. The molecular weight excluding hydrogens is 414 g/mol. The first-order valence-electron chi connectivity index (χ1n) is 11.5. The molecule has 7 heteroatoms. The van der Waals surface area contributed by atoms with Crippen molar-refractivity contribution in [3.05, 3.63) is 71.3 Å². The van der Waals surface area contributed by atoms with Crippen molar-refractivity contribution >= 4 is 11.8 Å². The van der Waals surface area contributed by atoms with Crippen molar-refractivity contribution in [2.75, 3.05) is 26.2 Å². The van der Waals surface area contributed by atoms with Gasteiger partial charge in [0.05, 0.1) is 11.6 Å². The average molecular weight is 448 g/mol. The van der Waals surface area contributed by atoms with Crippen LogP contribution in [0.5, 0.6) is 0 Å². The second-order valence-electron chi connectivity index (χ2n) is 8.50. The van der Waals surface area contributed by atoms with Gasteiger partial charge in [0.15, 0.2) is 0 Å². The molecule has 1 fully saturated rings. The Morgan fingerprint density at radius 3 is 2.52 bits per heavy atom. The van der Waals surface area contributed by atoms with Gasteiger partial charge in [-0.05, 0) is 42.5 Å². The zero-order valence-electron chi connectivity index (χ0n) is 19.2. The molecule has 1 aliphatic rings. The molecule has 0 saturated carbocycles. The fourth-order valence-electron chi connectivity index (χ4n) is 4.44. The summed E-state index contributed by atoms with van der Waals surface area (Å²) in [6.45, 7) is 4.40. The van der Waals surface area contributed by atoms with Crippen molar-refractivity contribution in [1.29, 1.82) is 5.26 Å². The van der Waals surface area contributed by atoms with Crippen molar-refractivity contribution in [3.63, 3.8) is 0 Å². The molecule has 1 aliphatic heterocycles. The Balaban J connectivity index is 1.78. The van der Waals surface area contributed by atoms with E-state index in [-0.39, 0.29) is 17.9 Å². The minimum absolute atomic E-state index is 0.0794. The molecule has 174 valence electrons. The highest BCUT2D eigenvalue weighted by Gasteiger charge is 2.36. The Morgan fingerprint density at radius 1 is 1.15 bits per heavy atom. The van der Waals surface area contributed by atoms with Crippen molar-refractivity contribution in [1.82, 2.24) is 15.1 Å². The Labute approximate surface area is 196 Å². The van der Waals surface area contributed by atoms with Crippen LogP contribution in [0.4, 0.5) is 0 Å². The minimum atomic E-state index is -0.493. The van der Waals surface area contributed by atoms with Crippen molar-refractivity contribution in [2.45, 2.75) is 44.8 Å². The number of nitrogens with one attached hydrogen (secondary N) is 1. The lowest BCUT2D eigenvalue weighted by molar-refractivity contribution is -0.142. The largest absolute Gasteiger partial charge is 0.353 e. The van der Waals surface area contributed by atoms with Crippen LogP contribution in [0.25, 0.3) is 0 Å². The molecule has 3 N–H and O–H groups in total. The van der Waals surface area contributed by atoms with Gasteiger partial charge in [-0.2, -0.15) is 5.26 Å². The molecule has 33 heavy (non-hydrogen) atoms. The molecule has 2 atom stereocenters. The molecule has 0 radical (unpaired) electrons. The maximum Gasteiger partial charge on any atom is 0.242 e. The van der Waals surface area contributed by atoms with Gasteiger partial charge in [0.1, 0.15) is 6.04 Å². The van der Waals surface area contributed by atoms with E-state index in [1.807, 2.05) is 42.5 Å². The highest BCUT2D eigenvalue weighted by Crippen LogP contribution is 2.25. The molecule has 0 spiro atoms. The summed E-state index contributed by atoms with van der Waals surface area (Å²) in [5, 5.41) is 12.0. The Kier molecular flexibility index (Phi) is 8.99. The van der Waals surface area contributed by atoms with Gasteiger partial charge >= 0.3 is 0 Å². The zero-order valence-corrected chi connectivity index (χ0v) is 19.2. The van der Waals surface area contributed by atoms with Gasteiger partial charge in [-0.25, -0.2) is 0 Å². The smallest absolute Gasteiger partial charge is 0.242 e. The predicted octanol–water partition coefficient (Wildman–Crippen LogP) is 2.06. The number of hydrogen-bond donors (Lipinski definition) is 2. The topological polar surface area (TPSA) is 102 Å². The van der Waals surface area contributed by atoms with E-state index < -0.39 is 6.04 Å².